The van der Waals surface area contributed by atoms with Crippen molar-refractivity contribution in [2.75, 3.05) is 38.2 Å². The van der Waals surface area contributed by atoms with E-state index in [4.69, 9.17) is 4.74 Å². The first kappa shape index (κ1) is 17.3. The predicted molar refractivity (Wildman–Crippen MR) is 106 cm³/mol. The monoisotopic (exact) mass is 351 g/mol. The van der Waals surface area contributed by atoms with E-state index in [1.165, 1.54) is 62.3 Å². The predicted octanol–water partition coefficient (Wildman–Crippen LogP) is 3.53. The largest absolute Gasteiger partial charge is 0.481 e. The number of likely N-dealkylation sites (tertiary alicyclic amines) is 1. The summed E-state index contributed by atoms with van der Waals surface area (Å²) in [6, 6.07) is 11.8. The van der Waals surface area contributed by atoms with Crippen LogP contribution in [0.15, 0.2) is 36.5 Å². The number of rotatable bonds is 5. The lowest BCUT2D eigenvalue weighted by Gasteiger charge is -2.37. The molecule has 0 atom stereocenters. The smallest absolute Gasteiger partial charge is 0.216 e. The second-order valence-corrected chi connectivity index (χ2v) is 7.42. The Kier molecular flexibility index (Phi) is 5.11. The molecule has 4 nitrogen and oxygen atoms in total. The molecule has 1 aromatic heterocycles. The van der Waals surface area contributed by atoms with Crippen molar-refractivity contribution in [2.24, 2.45) is 0 Å². The second-order valence-electron chi connectivity index (χ2n) is 7.42. The molecule has 0 spiro atoms. The molecule has 4 rings (SSSR count). The van der Waals surface area contributed by atoms with Gasteiger partial charge in [-0.25, -0.2) is 4.98 Å². The van der Waals surface area contributed by atoms with Gasteiger partial charge in [0.2, 0.25) is 5.88 Å². The van der Waals surface area contributed by atoms with Gasteiger partial charge in [-0.1, -0.05) is 25.1 Å². The van der Waals surface area contributed by atoms with Gasteiger partial charge >= 0.3 is 0 Å². The molecule has 1 saturated heterocycles. The third-order valence-corrected chi connectivity index (χ3v) is 5.96. The number of piperidine rings is 1. The van der Waals surface area contributed by atoms with Crippen LogP contribution in [0, 0.1) is 0 Å². The Morgan fingerprint density at radius 3 is 2.77 bits per heavy atom. The molecule has 2 aliphatic rings. The van der Waals surface area contributed by atoms with Crippen LogP contribution in [0.5, 0.6) is 5.88 Å². The Morgan fingerprint density at radius 1 is 1.15 bits per heavy atom. The number of ether oxygens (including phenoxy) is 1. The van der Waals surface area contributed by atoms with Gasteiger partial charge < -0.3 is 14.5 Å². The summed E-state index contributed by atoms with van der Waals surface area (Å²) in [4.78, 5) is 9.57. The fraction of sp³-hybridized carbons (Fsp3) is 0.500. The van der Waals surface area contributed by atoms with Crippen LogP contribution in [0.2, 0.25) is 0 Å². The first-order valence-electron chi connectivity index (χ1n) is 9.87. The number of hydrogen-bond acceptors (Lipinski definition) is 4. The molecule has 0 amide bonds. The zero-order valence-electron chi connectivity index (χ0n) is 15.9. The summed E-state index contributed by atoms with van der Waals surface area (Å²) in [5, 5.41) is 0. The van der Waals surface area contributed by atoms with Crippen LogP contribution in [-0.4, -0.2) is 49.2 Å². The summed E-state index contributed by atoms with van der Waals surface area (Å²) in [6.07, 6.45) is 6.41. The molecule has 0 radical (unpaired) electrons. The molecular formula is C22H29N3O. The number of methoxy groups -OCH3 is 1. The van der Waals surface area contributed by atoms with Gasteiger partial charge in [0.1, 0.15) is 0 Å². The van der Waals surface area contributed by atoms with E-state index in [9.17, 15) is 0 Å². The maximum atomic E-state index is 5.42. The summed E-state index contributed by atoms with van der Waals surface area (Å²) in [5.74, 6) is 0.733. The number of anilines is 1. The van der Waals surface area contributed by atoms with Crippen molar-refractivity contribution in [2.45, 2.75) is 38.6 Å². The number of fused-ring (bicyclic) bond motifs is 1. The van der Waals surface area contributed by atoms with Crippen LogP contribution in [0.4, 0.5) is 5.69 Å². The van der Waals surface area contributed by atoms with Gasteiger partial charge in [-0.2, -0.15) is 0 Å². The Morgan fingerprint density at radius 2 is 2.00 bits per heavy atom. The number of hydrogen-bond donors (Lipinski definition) is 0. The quantitative estimate of drug-likeness (QED) is 0.824. The van der Waals surface area contributed by atoms with Crippen LogP contribution in [0.25, 0.3) is 0 Å². The molecule has 0 bridgehead atoms. The zero-order valence-corrected chi connectivity index (χ0v) is 15.9. The van der Waals surface area contributed by atoms with Crippen molar-refractivity contribution >= 4 is 5.69 Å². The first-order chi connectivity index (χ1) is 12.8. The molecule has 26 heavy (non-hydrogen) atoms. The first-order valence-corrected chi connectivity index (χ1v) is 9.87. The van der Waals surface area contributed by atoms with Crippen molar-refractivity contribution < 1.29 is 4.74 Å². The fourth-order valence-electron chi connectivity index (χ4n) is 4.45. The summed E-state index contributed by atoms with van der Waals surface area (Å²) < 4.78 is 5.42. The Bertz CT molecular complexity index is 753. The summed E-state index contributed by atoms with van der Waals surface area (Å²) >= 11 is 0. The number of nitrogens with zero attached hydrogens (tertiary/aromatic N) is 3. The number of aromatic nitrogens is 1. The van der Waals surface area contributed by atoms with E-state index >= 15 is 0 Å². The maximum Gasteiger partial charge on any atom is 0.216 e. The molecule has 3 heterocycles. The maximum absolute atomic E-state index is 5.42. The van der Waals surface area contributed by atoms with E-state index in [1.54, 1.807) is 13.3 Å². The fourth-order valence-corrected chi connectivity index (χ4v) is 4.45. The third-order valence-electron chi connectivity index (χ3n) is 5.96. The molecule has 4 heteroatoms. The summed E-state index contributed by atoms with van der Waals surface area (Å²) in [6.45, 7) is 7.09. The lowest BCUT2D eigenvalue weighted by molar-refractivity contribution is 0.219. The van der Waals surface area contributed by atoms with Crippen LogP contribution < -0.4 is 9.64 Å². The lowest BCUT2D eigenvalue weighted by Crippen LogP contribution is -2.44. The second kappa shape index (κ2) is 7.67. The summed E-state index contributed by atoms with van der Waals surface area (Å²) in [5.41, 5.74) is 5.45. The van der Waals surface area contributed by atoms with E-state index in [0.29, 0.717) is 6.04 Å². The van der Waals surface area contributed by atoms with E-state index in [1.807, 2.05) is 6.07 Å². The van der Waals surface area contributed by atoms with Gasteiger partial charge in [0, 0.05) is 49.5 Å². The van der Waals surface area contributed by atoms with E-state index in [-0.39, 0.29) is 0 Å². The molecule has 2 aromatic rings. The van der Waals surface area contributed by atoms with Gasteiger partial charge in [0.15, 0.2) is 0 Å². The van der Waals surface area contributed by atoms with E-state index in [0.717, 1.165) is 17.9 Å². The molecule has 0 unspecified atom stereocenters. The topological polar surface area (TPSA) is 28.6 Å². The van der Waals surface area contributed by atoms with Gasteiger partial charge in [0.25, 0.3) is 0 Å². The summed E-state index contributed by atoms with van der Waals surface area (Å²) in [7, 11) is 1.69. The highest BCUT2D eigenvalue weighted by Gasteiger charge is 2.29. The number of benzene rings is 1. The highest BCUT2D eigenvalue weighted by atomic mass is 16.5. The average Bonchev–Trinajstić information content (AvgIpc) is 3.12. The SMILES string of the molecule is CCN1CCC(N2CCc3ccc(Cc4cccnc4OC)cc32)CC1. The highest BCUT2D eigenvalue weighted by molar-refractivity contribution is 5.61. The van der Waals surface area contributed by atoms with Crippen molar-refractivity contribution in [3.63, 3.8) is 0 Å². The van der Waals surface area contributed by atoms with Crippen LogP contribution in [0.3, 0.4) is 0 Å². The van der Waals surface area contributed by atoms with Crippen molar-refractivity contribution in [1.29, 1.82) is 0 Å². The Hall–Kier alpha value is -2.07. The lowest BCUT2D eigenvalue weighted by atomic mass is 10.0. The van der Waals surface area contributed by atoms with Crippen LogP contribution in [0.1, 0.15) is 36.5 Å². The Balaban J connectivity index is 1.53. The van der Waals surface area contributed by atoms with Gasteiger partial charge in [0.05, 0.1) is 7.11 Å². The normalized spacial score (nSPS) is 18.2. The molecule has 0 N–H and O–H groups in total. The molecule has 0 aliphatic carbocycles. The van der Waals surface area contributed by atoms with Gasteiger partial charge in [-0.15, -0.1) is 0 Å². The number of pyridine rings is 1. The van der Waals surface area contributed by atoms with Gasteiger partial charge in [-0.3, -0.25) is 0 Å². The minimum Gasteiger partial charge on any atom is -0.481 e. The average molecular weight is 351 g/mol. The van der Waals surface area contributed by atoms with Crippen molar-refractivity contribution in [1.82, 2.24) is 9.88 Å². The van der Waals surface area contributed by atoms with Crippen LogP contribution in [-0.2, 0) is 12.8 Å². The van der Waals surface area contributed by atoms with Crippen molar-refractivity contribution in [3.8, 4) is 5.88 Å². The third kappa shape index (κ3) is 3.43. The van der Waals surface area contributed by atoms with E-state index in [2.05, 4.69) is 46.0 Å². The molecule has 2 aliphatic heterocycles. The molecule has 1 aromatic carbocycles. The van der Waals surface area contributed by atoms with Gasteiger partial charge in [-0.05, 0) is 49.1 Å². The molecule has 0 saturated carbocycles. The minimum absolute atomic E-state index is 0.697. The minimum atomic E-state index is 0.697. The molecule has 1 fully saturated rings. The highest BCUT2D eigenvalue weighted by Crippen LogP contribution is 2.34. The Labute approximate surface area is 156 Å². The van der Waals surface area contributed by atoms with Crippen molar-refractivity contribution in [3.05, 3.63) is 53.2 Å². The zero-order chi connectivity index (χ0) is 17.9. The van der Waals surface area contributed by atoms with E-state index < -0.39 is 0 Å². The molecular weight excluding hydrogens is 322 g/mol. The molecule has 138 valence electrons. The standard InChI is InChI=1S/C22H29N3O/c1-3-24-12-9-20(10-13-24)25-14-8-18-7-6-17(16-21(18)25)15-19-5-4-11-23-22(19)26-2/h4-7,11,16,20H,3,8-10,12-15H2,1-2H3. The van der Waals surface area contributed by atoms with Crippen LogP contribution >= 0.6 is 0 Å².